The lowest BCUT2D eigenvalue weighted by Crippen LogP contribution is -2.54. The van der Waals surface area contributed by atoms with E-state index in [1.165, 1.54) is 11.0 Å². The van der Waals surface area contributed by atoms with Crippen molar-refractivity contribution in [2.45, 2.75) is 33.2 Å². The van der Waals surface area contributed by atoms with Gasteiger partial charge in [-0.05, 0) is 30.5 Å². The number of carbonyl (C=O) groups excluding carboxylic acids is 2. The van der Waals surface area contributed by atoms with E-state index in [2.05, 4.69) is 11.0 Å². The van der Waals surface area contributed by atoms with Gasteiger partial charge in [0.05, 0.1) is 17.7 Å². The van der Waals surface area contributed by atoms with Crippen molar-refractivity contribution in [3.05, 3.63) is 29.6 Å². The van der Waals surface area contributed by atoms with E-state index in [9.17, 15) is 19.2 Å². The number of anilines is 1. The summed E-state index contributed by atoms with van der Waals surface area (Å²) in [5.41, 5.74) is 1.03. The van der Waals surface area contributed by atoms with Gasteiger partial charge in [-0.1, -0.05) is 19.9 Å². The third-order valence-electron chi connectivity index (χ3n) is 5.65. The van der Waals surface area contributed by atoms with Crippen LogP contribution in [0.2, 0.25) is 0 Å². The zero-order valence-electron chi connectivity index (χ0n) is 16.7. The van der Waals surface area contributed by atoms with Crippen molar-refractivity contribution in [1.29, 1.82) is 5.26 Å². The molecule has 0 bridgehead atoms. The van der Waals surface area contributed by atoms with Crippen LogP contribution in [-0.2, 0) is 9.59 Å². The third-order valence-corrected chi connectivity index (χ3v) is 5.65. The van der Waals surface area contributed by atoms with E-state index >= 15 is 0 Å². The molecule has 2 unspecified atom stereocenters. The first-order chi connectivity index (χ1) is 13.3. The van der Waals surface area contributed by atoms with Gasteiger partial charge in [0.1, 0.15) is 11.9 Å². The molecule has 2 heterocycles. The Kier molecular flexibility index (Phi) is 5.99. The largest absolute Gasteiger partial charge is 0.340 e. The van der Waals surface area contributed by atoms with Gasteiger partial charge in [0, 0.05) is 39.1 Å². The standard InChI is InChI=1S/C21H27FN4O2/c1-14(2)19(12-23)24-6-8-25(9-7-24)21(28)16-11-20(27)26(13-16)18-5-4-15(3)10-17(18)22/h4-5,10,14,16,19H,6-9,11,13H2,1-3H3. The predicted octanol–water partition coefficient (Wildman–Crippen LogP) is 2.18. The topological polar surface area (TPSA) is 67.7 Å². The lowest BCUT2D eigenvalue weighted by atomic mass is 10.0. The molecule has 0 saturated carbocycles. The van der Waals surface area contributed by atoms with Crippen LogP contribution in [0.3, 0.4) is 0 Å². The van der Waals surface area contributed by atoms with Crippen molar-refractivity contribution >= 4 is 17.5 Å². The summed E-state index contributed by atoms with van der Waals surface area (Å²) in [6.07, 6.45) is 0.110. The maximum atomic E-state index is 14.3. The zero-order valence-corrected chi connectivity index (χ0v) is 16.7. The zero-order chi connectivity index (χ0) is 20.4. The van der Waals surface area contributed by atoms with E-state index in [1.54, 1.807) is 24.0 Å². The molecule has 0 aliphatic carbocycles. The first-order valence-electron chi connectivity index (χ1n) is 9.80. The molecular weight excluding hydrogens is 359 g/mol. The first-order valence-corrected chi connectivity index (χ1v) is 9.80. The quantitative estimate of drug-likeness (QED) is 0.795. The number of halogens is 1. The Morgan fingerprint density at radius 1 is 1.25 bits per heavy atom. The maximum Gasteiger partial charge on any atom is 0.228 e. The molecule has 7 heteroatoms. The van der Waals surface area contributed by atoms with Gasteiger partial charge >= 0.3 is 0 Å². The van der Waals surface area contributed by atoms with Gasteiger partial charge < -0.3 is 9.80 Å². The maximum absolute atomic E-state index is 14.3. The van der Waals surface area contributed by atoms with E-state index in [0.717, 1.165) is 5.56 Å². The summed E-state index contributed by atoms with van der Waals surface area (Å²) in [7, 11) is 0. The van der Waals surface area contributed by atoms with Crippen LogP contribution in [0.1, 0.15) is 25.8 Å². The molecule has 2 aliphatic heterocycles. The molecule has 2 saturated heterocycles. The van der Waals surface area contributed by atoms with Gasteiger partial charge in [0.15, 0.2) is 0 Å². The molecule has 150 valence electrons. The molecular formula is C21H27FN4O2. The molecule has 6 nitrogen and oxygen atoms in total. The number of hydrogen-bond donors (Lipinski definition) is 0. The number of amides is 2. The molecule has 2 aliphatic rings. The molecule has 0 N–H and O–H groups in total. The molecule has 3 rings (SSSR count). The highest BCUT2D eigenvalue weighted by Crippen LogP contribution is 2.29. The Bertz CT molecular complexity index is 796. The van der Waals surface area contributed by atoms with Crippen LogP contribution in [0.25, 0.3) is 0 Å². The van der Waals surface area contributed by atoms with Crippen molar-refractivity contribution in [2.24, 2.45) is 11.8 Å². The summed E-state index contributed by atoms with van der Waals surface area (Å²) in [6, 6.07) is 6.96. The van der Waals surface area contributed by atoms with Crippen LogP contribution in [0.5, 0.6) is 0 Å². The van der Waals surface area contributed by atoms with Crippen molar-refractivity contribution in [3.8, 4) is 6.07 Å². The van der Waals surface area contributed by atoms with E-state index in [0.29, 0.717) is 26.2 Å². The summed E-state index contributed by atoms with van der Waals surface area (Å²) in [6.45, 7) is 8.45. The second-order valence-electron chi connectivity index (χ2n) is 8.04. The molecule has 2 atom stereocenters. The van der Waals surface area contributed by atoms with Gasteiger partial charge in [-0.15, -0.1) is 0 Å². The van der Waals surface area contributed by atoms with Crippen molar-refractivity contribution in [2.75, 3.05) is 37.6 Å². The van der Waals surface area contributed by atoms with Crippen molar-refractivity contribution in [3.63, 3.8) is 0 Å². The molecule has 1 aromatic rings. The van der Waals surface area contributed by atoms with Gasteiger partial charge in [0.2, 0.25) is 11.8 Å². The fraction of sp³-hybridized carbons (Fsp3) is 0.571. The lowest BCUT2D eigenvalue weighted by Gasteiger charge is -2.38. The van der Waals surface area contributed by atoms with Crippen LogP contribution in [-0.4, -0.2) is 60.4 Å². The third kappa shape index (κ3) is 4.02. The van der Waals surface area contributed by atoms with E-state index < -0.39 is 11.7 Å². The number of nitriles is 1. The number of hydrogen-bond acceptors (Lipinski definition) is 4. The fourth-order valence-corrected chi connectivity index (χ4v) is 4.07. The number of aryl methyl sites for hydroxylation is 1. The van der Waals surface area contributed by atoms with Gasteiger partial charge in [0.25, 0.3) is 0 Å². The average molecular weight is 386 g/mol. The normalized spacial score (nSPS) is 21.9. The van der Waals surface area contributed by atoms with Crippen LogP contribution in [0.4, 0.5) is 10.1 Å². The Balaban J connectivity index is 1.62. The number of rotatable bonds is 4. The van der Waals surface area contributed by atoms with Gasteiger partial charge in [-0.2, -0.15) is 5.26 Å². The van der Waals surface area contributed by atoms with E-state index in [-0.39, 0.29) is 42.4 Å². The average Bonchev–Trinajstić information content (AvgIpc) is 3.03. The van der Waals surface area contributed by atoms with Crippen LogP contribution < -0.4 is 4.90 Å². The van der Waals surface area contributed by atoms with E-state index in [1.807, 2.05) is 13.8 Å². The summed E-state index contributed by atoms with van der Waals surface area (Å²) in [5.74, 6) is -0.925. The summed E-state index contributed by atoms with van der Waals surface area (Å²) in [5, 5.41) is 9.36. The predicted molar refractivity (Wildman–Crippen MR) is 104 cm³/mol. The SMILES string of the molecule is Cc1ccc(N2CC(C(=O)N3CCN(C(C#N)C(C)C)CC3)CC2=O)c(F)c1. The van der Waals surface area contributed by atoms with Crippen LogP contribution >= 0.6 is 0 Å². The summed E-state index contributed by atoms with van der Waals surface area (Å²) < 4.78 is 14.3. The Morgan fingerprint density at radius 3 is 2.50 bits per heavy atom. The lowest BCUT2D eigenvalue weighted by molar-refractivity contribution is -0.137. The Labute approximate surface area is 165 Å². The molecule has 2 amide bonds. The van der Waals surface area contributed by atoms with Crippen LogP contribution in [0, 0.1) is 35.9 Å². The monoisotopic (exact) mass is 386 g/mol. The molecule has 28 heavy (non-hydrogen) atoms. The van der Waals surface area contributed by atoms with Crippen molar-refractivity contribution < 1.29 is 14.0 Å². The molecule has 0 aromatic heterocycles. The number of carbonyl (C=O) groups is 2. The minimum atomic E-state index is -0.448. The Hall–Kier alpha value is -2.46. The summed E-state index contributed by atoms with van der Waals surface area (Å²) >= 11 is 0. The molecule has 2 fully saturated rings. The number of benzene rings is 1. The highest BCUT2D eigenvalue weighted by Gasteiger charge is 2.39. The molecule has 0 spiro atoms. The smallest absolute Gasteiger partial charge is 0.228 e. The highest BCUT2D eigenvalue weighted by atomic mass is 19.1. The first kappa shape index (κ1) is 20.3. The van der Waals surface area contributed by atoms with Crippen LogP contribution in [0.15, 0.2) is 18.2 Å². The Morgan fingerprint density at radius 2 is 1.93 bits per heavy atom. The fourth-order valence-electron chi connectivity index (χ4n) is 4.07. The summed E-state index contributed by atoms with van der Waals surface area (Å²) in [4.78, 5) is 30.6. The highest BCUT2D eigenvalue weighted by molar-refractivity contribution is 6.00. The number of piperazine rings is 1. The second-order valence-corrected chi connectivity index (χ2v) is 8.04. The second kappa shape index (κ2) is 8.27. The number of nitrogens with zero attached hydrogens (tertiary/aromatic N) is 4. The molecule has 0 radical (unpaired) electrons. The minimum Gasteiger partial charge on any atom is -0.340 e. The van der Waals surface area contributed by atoms with Gasteiger partial charge in [-0.3, -0.25) is 14.5 Å². The van der Waals surface area contributed by atoms with E-state index in [4.69, 9.17) is 0 Å². The van der Waals surface area contributed by atoms with Gasteiger partial charge in [-0.25, -0.2) is 4.39 Å². The molecule has 1 aromatic carbocycles. The minimum absolute atomic E-state index is 0.0546. The van der Waals surface area contributed by atoms with Crippen molar-refractivity contribution in [1.82, 2.24) is 9.80 Å².